The number of carbonyl (C=O) groups is 1. The molecular formula is C20H20N2O4S. The van der Waals surface area contributed by atoms with Crippen LogP contribution in [-0.2, 0) is 14.8 Å². The molecule has 1 heterocycles. The van der Waals surface area contributed by atoms with Crippen molar-refractivity contribution < 1.29 is 17.9 Å². The van der Waals surface area contributed by atoms with Gasteiger partial charge in [0.25, 0.3) is 0 Å². The fraction of sp³-hybridized carbons (Fsp3) is 0.250. The molecule has 1 saturated carbocycles. The number of anilines is 2. The molecule has 2 aromatic carbocycles. The molecule has 2 aliphatic rings. The summed E-state index contributed by atoms with van der Waals surface area (Å²) in [5.74, 6) is 0.00250. The lowest BCUT2D eigenvalue weighted by atomic mass is 10.2. The first-order valence-electron chi connectivity index (χ1n) is 8.71. The van der Waals surface area contributed by atoms with E-state index in [-0.39, 0.29) is 5.92 Å². The van der Waals surface area contributed by atoms with Gasteiger partial charge in [-0.2, -0.15) is 0 Å². The Balaban J connectivity index is 1.52. The minimum absolute atomic E-state index is 0.182. The Morgan fingerprint density at radius 2 is 1.93 bits per heavy atom. The van der Waals surface area contributed by atoms with Crippen LogP contribution < -0.4 is 14.4 Å². The van der Waals surface area contributed by atoms with Crippen LogP contribution >= 0.6 is 0 Å². The first-order chi connectivity index (χ1) is 13.0. The second kappa shape index (κ2) is 6.42. The SMILES string of the molecule is C=CCOc1ccc(NC(=O)[C@@]23C[C@@H]2CN(c2ccccc2)S3(=O)=O)cc1. The molecule has 1 saturated heterocycles. The Morgan fingerprint density at radius 1 is 1.22 bits per heavy atom. The van der Waals surface area contributed by atoms with Crippen molar-refractivity contribution in [1.82, 2.24) is 0 Å². The number of para-hydroxylation sites is 1. The molecule has 27 heavy (non-hydrogen) atoms. The zero-order chi connectivity index (χ0) is 19.1. The quantitative estimate of drug-likeness (QED) is 0.777. The Kier molecular flexibility index (Phi) is 4.19. The van der Waals surface area contributed by atoms with Gasteiger partial charge in [0.15, 0.2) is 4.75 Å². The Bertz CT molecular complexity index is 973. The highest BCUT2D eigenvalue weighted by Crippen LogP contribution is 2.58. The van der Waals surface area contributed by atoms with E-state index in [1.807, 2.05) is 6.07 Å². The average Bonchev–Trinajstić information content (AvgIpc) is 3.37. The number of sulfonamides is 1. The minimum Gasteiger partial charge on any atom is -0.490 e. The van der Waals surface area contributed by atoms with Crippen molar-refractivity contribution >= 4 is 27.3 Å². The number of hydrogen-bond donors (Lipinski definition) is 1. The lowest BCUT2D eigenvalue weighted by molar-refractivity contribution is -0.116. The molecule has 2 atom stereocenters. The molecular weight excluding hydrogens is 364 g/mol. The van der Waals surface area contributed by atoms with Crippen LogP contribution in [0.3, 0.4) is 0 Å². The summed E-state index contributed by atoms with van der Waals surface area (Å²) in [6, 6.07) is 15.7. The van der Waals surface area contributed by atoms with Gasteiger partial charge in [0.1, 0.15) is 12.4 Å². The van der Waals surface area contributed by atoms with Crippen molar-refractivity contribution in [2.75, 3.05) is 22.8 Å². The number of amides is 1. The van der Waals surface area contributed by atoms with E-state index in [0.29, 0.717) is 36.7 Å². The van der Waals surface area contributed by atoms with E-state index in [4.69, 9.17) is 4.74 Å². The smallest absolute Gasteiger partial charge is 0.250 e. The molecule has 2 aromatic rings. The fourth-order valence-corrected chi connectivity index (χ4v) is 5.95. The molecule has 0 unspecified atom stereocenters. The van der Waals surface area contributed by atoms with Gasteiger partial charge in [0.2, 0.25) is 15.9 Å². The maximum absolute atomic E-state index is 13.1. The maximum Gasteiger partial charge on any atom is 0.250 e. The number of ether oxygens (including phenoxy) is 1. The normalized spacial score (nSPS) is 24.7. The third-order valence-electron chi connectivity index (χ3n) is 5.09. The van der Waals surface area contributed by atoms with Crippen LogP contribution in [0.1, 0.15) is 6.42 Å². The highest BCUT2D eigenvalue weighted by atomic mass is 32.2. The number of carbonyl (C=O) groups excluding carboxylic acids is 1. The van der Waals surface area contributed by atoms with Crippen LogP contribution in [-0.4, -0.2) is 32.2 Å². The van der Waals surface area contributed by atoms with E-state index in [0.717, 1.165) is 0 Å². The van der Waals surface area contributed by atoms with Crippen molar-refractivity contribution in [1.29, 1.82) is 0 Å². The van der Waals surface area contributed by atoms with Gasteiger partial charge in [-0.1, -0.05) is 30.9 Å². The summed E-state index contributed by atoms with van der Waals surface area (Å²) >= 11 is 0. The van der Waals surface area contributed by atoms with Crippen LogP contribution in [0.25, 0.3) is 0 Å². The van der Waals surface area contributed by atoms with Crippen molar-refractivity contribution in [3.05, 3.63) is 67.3 Å². The van der Waals surface area contributed by atoms with Gasteiger partial charge in [-0.15, -0.1) is 0 Å². The standard InChI is InChI=1S/C20H20N2O4S/c1-2-12-26-18-10-8-16(9-11-18)21-19(23)20-13-15(20)14-22(27(20,24)25)17-6-4-3-5-7-17/h2-11,15H,1,12-14H2,(H,21,23)/t15-,20-/m1/s1. The van der Waals surface area contributed by atoms with Crippen LogP contribution in [0, 0.1) is 5.92 Å². The third kappa shape index (κ3) is 2.78. The zero-order valence-electron chi connectivity index (χ0n) is 14.7. The summed E-state index contributed by atoms with van der Waals surface area (Å²) in [5, 5.41) is 2.76. The summed E-state index contributed by atoms with van der Waals surface area (Å²) in [4.78, 5) is 12.9. The van der Waals surface area contributed by atoms with E-state index in [9.17, 15) is 13.2 Å². The lowest BCUT2D eigenvalue weighted by Gasteiger charge is -2.22. The second-order valence-electron chi connectivity index (χ2n) is 6.74. The molecule has 6 nitrogen and oxygen atoms in total. The molecule has 0 spiro atoms. The molecule has 1 amide bonds. The first-order valence-corrected chi connectivity index (χ1v) is 10.2. The molecule has 1 aliphatic heterocycles. The van der Waals surface area contributed by atoms with E-state index >= 15 is 0 Å². The summed E-state index contributed by atoms with van der Waals surface area (Å²) < 4.78 is 31.6. The van der Waals surface area contributed by atoms with Crippen molar-refractivity contribution in [3.63, 3.8) is 0 Å². The van der Waals surface area contributed by atoms with Crippen LogP contribution in [0.2, 0.25) is 0 Å². The van der Waals surface area contributed by atoms with E-state index in [1.165, 1.54) is 4.31 Å². The molecule has 0 aromatic heterocycles. The maximum atomic E-state index is 13.1. The topological polar surface area (TPSA) is 75.7 Å². The molecule has 1 aliphatic carbocycles. The first kappa shape index (κ1) is 17.6. The summed E-state index contributed by atoms with van der Waals surface area (Å²) in [6.45, 7) is 4.32. The van der Waals surface area contributed by atoms with E-state index in [2.05, 4.69) is 11.9 Å². The van der Waals surface area contributed by atoms with Crippen LogP contribution in [0.5, 0.6) is 5.75 Å². The Labute approximate surface area is 158 Å². The molecule has 1 N–H and O–H groups in total. The largest absolute Gasteiger partial charge is 0.490 e. The summed E-state index contributed by atoms with van der Waals surface area (Å²) in [5.41, 5.74) is 1.14. The predicted octanol–water partition coefficient (Wildman–Crippen LogP) is 2.80. The zero-order valence-corrected chi connectivity index (χ0v) is 15.5. The van der Waals surface area contributed by atoms with Gasteiger partial charge < -0.3 is 10.1 Å². The molecule has 2 fully saturated rings. The number of nitrogens with zero attached hydrogens (tertiary/aromatic N) is 1. The monoisotopic (exact) mass is 384 g/mol. The van der Waals surface area contributed by atoms with Gasteiger partial charge in [-0.05, 0) is 42.8 Å². The van der Waals surface area contributed by atoms with Gasteiger partial charge in [0, 0.05) is 18.2 Å². The van der Waals surface area contributed by atoms with Crippen molar-refractivity contribution in [2.24, 2.45) is 5.92 Å². The number of hydrogen-bond acceptors (Lipinski definition) is 4. The Hall–Kier alpha value is -2.80. The van der Waals surface area contributed by atoms with Gasteiger partial charge in [-0.3, -0.25) is 9.10 Å². The average molecular weight is 384 g/mol. The van der Waals surface area contributed by atoms with E-state index < -0.39 is 20.7 Å². The summed E-state index contributed by atoms with van der Waals surface area (Å²) in [7, 11) is -3.76. The van der Waals surface area contributed by atoms with Crippen molar-refractivity contribution in [3.8, 4) is 5.75 Å². The third-order valence-corrected chi connectivity index (χ3v) is 7.64. The molecule has 140 valence electrons. The van der Waals surface area contributed by atoms with E-state index in [1.54, 1.807) is 54.6 Å². The number of fused-ring (bicyclic) bond motifs is 1. The lowest BCUT2D eigenvalue weighted by Crippen LogP contribution is -2.42. The van der Waals surface area contributed by atoms with Gasteiger partial charge in [0.05, 0.1) is 5.69 Å². The molecule has 0 bridgehead atoms. The highest BCUT2D eigenvalue weighted by Gasteiger charge is 2.75. The fourth-order valence-electron chi connectivity index (χ4n) is 3.59. The number of nitrogens with one attached hydrogen (secondary N) is 1. The van der Waals surface area contributed by atoms with Crippen LogP contribution in [0.15, 0.2) is 67.3 Å². The molecule has 4 rings (SSSR count). The minimum atomic E-state index is -3.76. The van der Waals surface area contributed by atoms with Crippen LogP contribution in [0.4, 0.5) is 11.4 Å². The van der Waals surface area contributed by atoms with Gasteiger partial charge >= 0.3 is 0 Å². The Morgan fingerprint density at radius 3 is 2.59 bits per heavy atom. The highest BCUT2D eigenvalue weighted by molar-refractivity contribution is 7.95. The second-order valence-corrected chi connectivity index (χ2v) is 8.86. The summed E-state index contributed by atoms with van der Waals surface area (Å²) in [6.07, 6.45) is 2.01. The predicted molar refractivity (Wildman–Crippen MR) is 104 cm³/mol. The van der Waals surface area contributed by atoms with Gasteiger partial charge in [-0.25, -0.2) is 8.42 Å². The molecule has 7 heteroatoms. The molecule has 0 radical (unpaired) electrons. The van der Waals surface area contributed by atoms with Crippen molar-refractivity contribution in [2.45, 2.75) is 11.2 Å². The number of rotatable bonds is 6. The number of benzene rings is 2.